The van der Waals surface area contributed by atoms with Crippen molar-refractivity contribution >= 4 is 17.4 Å². The zero-order valence-electron chi connectivity index (χ0n) is 10.7. The second-order valence-corrected chi connectivity index (χ2v) is 4.30. The monoisotopic (exact) mass is 279 g/mol. The SMILES string of the molecule is COCc1cc(N)nc(-c2ccc(OC)c(Cl)c2)n1. The average molecular weight is 280 g/mol. The molecule has 0 aliphatic heterocycles. The van der Waals surface area contributed by atoms with Crippen LogP contribution in [-0.4, -0.2) is 24.2 Å². The summed E-state index contributed by atoms with van der Waals surface area (Å²) in [6.07, 6.45) is 0. The quantitative estimate of drug-likeness (QED) is 0.931. The van der Waals surface area contributed by atoms with E-state index >= 15 is 0 Å². The van der Waals surface area contributed by atoms with Crippen LogP contribution in [0.4, 0.5) is 5.82 Å². The lowest BCUT2D eigenvalue weighted by atomic mass is 10.2. The second kappa shape index (κ2) is 5.86. The number of ether oxygens (including phenoxy) is 2. The van der Waals surface area contributed by atoms with Gasteiger partial charge in [0.1, 0.15) is 11.6 Å². The lowest BCUT2D eigenvalue weighted by Gasteiger charge is -2.07. The van der Waals surface area contributed by atoms with E-state index in [1.54, 1.807) is 32.4 Å². The fraction of sp³-hybridized carbons (Fsp3) is 0.231. The molecule has 0 bridgehead atoms. The van der Waals surface area contributed by atoms with E-state index in [1.807, 2.05) is 6.07 Å². The first-order valence-electron chi connectivity index (χ1n) is 5.60. The second-order valence-electron chi connectivity index (χ2n) is 3.89. The van der Waals surface area contributed by atoms with Crippen molar-refractivity contribution in [1.82, 2.24) is 9.97 Å². The molecule has 2 rings (SSSR count). The molecule has 0 fully saturated rings. The van der Waals surface area contributed by atoms with Crippen LogP contribution in [0.2, 0.25) is 5.02 Å². The first-order valence-corrected chi connectivity index (χ1v) is 5.98. The third kappa shape index (κ3) is 3.13. The minimum absolute atomic E-state index is 0.379. The third-order valence-corrected chi connectivity index (χ3v) is 2.80. The first kappa shape index (κ1) is 13.6. The Hall–Kier alpha value is -1.85. The summed E-state index contributed by atoms with van der Waals surface area (Å²) >= 11 is 6.08. The predicted molar refractivity (Wildman–Crippen MR) is 74.2 cm³/mol. The molecular weight excluding hydrogens is 266 g/mol. The first-order chi connectivity index (χ1) is 9.13. The van der Waals surface area contributed by atoms with E-state index in [1.165, 1.54) is 0 Å². The number of anilines is 1. The van der Waals surface area contributed by atoms with Gasteiger partial charge in [0.25, 0.3) is 0 Å². The van der Waals surface area contributed by atoms with E-state index in [9.17, 15) is 0 Å². The number of rotatable bonds is 4. The Morgan fingerprint density at radius 3 is 2.63 bits per heavy atom. The molecule has 5 nitrogen and oxygen atoms in total. The number of nitrogen functional groups attached to an aromatic ring is 1. The van der Waals surface area contributed by atoms with Gasteiger partial charge in [-0.15, -0.1) is 0 Å². The fourth-order valence-electron chi connectivity index (χ4n) is 1.67. The van der Waals surface area contributed by atoms with E-state index in [0.29, 0.717) is 29.0 Å². The van der Waals surface area contributed by atoms with Crippen molar-refractivity contribution in [1.29, 1.82) is 0 Å². The molecule has 2 N–H and O–H groups in total. The summed E-state index contributed by atoms with van der Waals surface area (Å²) in [4.78, 5) is 8.57. The number of halogens is 1. The molecule has 6 heteroatoms. The van der Waals surface area contributed by atoms with Crippen molar-refractivity contribution in [2.75, 3.05) is 20.0 Å². The molecule has 0 saturated carbocycles. The molecule has 1 aromatic carbocycles. The van der Waals surface area contributed by atoms with Gasteiger partial charge in [0, 0.05) is 18.7 Å². The number of nitrogens with zero attached hydrogens (tertiary/aromatic N) is 2. The predicted octanol–water partition coefficient (Wildman–Crippen LogP) is 2.53. The van der Waals surface area contributed by atoms with Crippen LogP contribution in [0.15, 0.2) is 24.3 Å². The normalized spacial score (nSPS) is 10.5. The molecule has 0 aliphatic rings. The van der Waals surface area contributed by atoms with Gasteiger partial charge in [0.2, 0.25) is 0 Å². The topological polar surface area (TPSA) is 70.3 Å². The third-order valence-electron chi connectivity index (χ3n) is 2.50. The Balaban J connectivity index is 2.43. The van der Waals surface area contributed by atoms with Gasteiger partial charge in [-0.1, -0.05) is 11.6 Å². The number of hydrogen-bond acceptors (Lipinski definition) is 5. The summed E-state index contributed by atoms with van der Waals surface area (Å²) in [5.41, 5.74) is 7.25. The molecule has 0 aliphatic carbocycles. The molecule has 19 heavy (non-hydrogen) atoms. The van der Waals surface area contributed by atoms with E-state index in [4.69, 9.17) is 26.8 Å². The fourth-order valence-corrected chi connectivity index (χ4v) is 1.93. The van der Waals surface area contributed by atoms with Crippen LogP contribution in [0.1, 0.15) is 5.69 Å². The Labute approximate surface area is 116 Å². The summed E-state index contributed by atoms with van der Waals surface area (Å²) in [7, 11) is 3.16. The van der Waals surface area contributed by atoms with E-state index in [2.05, 4.69) is 9.97 Å². The molecule has 0 unspecified atom stereocenters. The van der Waals surface area contributed by atoms with Crippen LogP contribution in [0.5, 0.6) is 5.75 Å². The summed E-state index contributed by atoms with van der Waals surface area (Å²) < 4.78 is 10.1. The van der Waals surface area contributed by atoms with E-state index in [0.717, 1.165) is 11.3 Å². The summed E-state index contributed by atoms with van der Waals surface area (Å²) in [6.45, 7) is 0.379. The van der Waals surface area contributed by atoms with Gasteiger partial charge >= 0.3 is 0 Å². The van der Waals surface area contributed by atoms with Gasteiger partial charge < -0.3 is 15.2 Å². The largest absolute Gasteiger partial charge is 0.495 e. The van der Waals surface area contributed by atoms with Crippen molar-refractivity contribution in [3.8, 4) is 17.1 Å². The standard InChI is InChI=1S/C13H14ClN3O2/c1-18-7-9-6-12(15)17-13(16-9)8-3-4-11(19-2)10(14)5-8/h3-6H,7H2,1-2H3,(H2,15,16,17). The lowest BCUT2D eigenvalue weighted by Crippen LogP contribution is -2.01. The highest BCUT2D eigenvalue weighted by molar-refractivity contribution is 6.32. The van der Waals surface area contributed by atoms with Crippen LogP contribution in [0.3, 0.4) is 0 Å². The van der Waals surface area contributed by atoms with Crippen molar-refractivity contribution in [2.24, 2.45) is 0 Å². The van der Waals surface area contributed by atoms with Crippen molar-refractivity contribution in [3.05, 3.63) is 35.0 Å². The van der Waals surface area contributed by atoms with E-state index in [-0.39, 0.29) is 0 Å². The van der Waals surface area contributed by atoms with Crippen molar-refractivity contribution < 1.29 is 9.47 Å². The minimum Gasteiger partial charge on any atom is -0.495 e. The lowest BCUT2D eigenvalue weighted by molar-refractivity contribution is 0.181. The molecular formula is C13H14ClN3O2. The maximum absolute atomic E-state index is 6.08. The van der Waals surface area contributed by atoms with Gasteiger partial charge in [-0.2, -0.15) is 0 Å². The Morgan fingerprint density at radius 2 is 2.00 bits per heavy atom. The number of aromatic nitrogens is 2. The molecule has 1 heterocycles. The highest BCUT2D eigenvalue weighted by Crippen LogP contribution is 2.29. The van der Waals surface area contributed by atoms with Crippen LogP contribution in [-0.2, 0) is 11.3 Å². The van der Waals surface area contributed by atoms with Crippen molar-refractivity contribution in [2.45, 2.75) is 6.61 Å². The Bertz CT molecular complexity index is 590. The molecule has 1 aromatic heterocycles. The molecule has 0 spiro atoms. The van der Waals surface area contributed by atoms with Gasteiger partial charge in [-0.25, -0.2) is 9.97 Å². The molecule has 0 radical (unpaired) electrons. The van der Waals surface area contributed by atoms with Crippen LogP contribution in [0.25, 0.3) is 11.4 Å². The maximum atomic E-state index is 6.08. The van der Waals surface area contributed by atoms with Crippen LogP contribution in [0, 0.1) is 0 Å². The van der Waals surface area contributed by atoms with Gasteiger partial charge in [0.05, 0.1) is 24.4 Å². The highest BCUT2D eigenvalue weighted by Gasteiger charge is 2.08. The molecule has 0 saturated heterocycles. The maximum Gasteiger partial charge on any atom is 0.161 e. The average Bonchev–Trinajstić information content (AvgIpc) is 2.38. The van der Waals surface area contributed by atoms with Crippen LogP contribution < -0.4 is 10.5 Å². The summed E-state index contributed by atoms with van der Waals surface area (Å²) in [5.74, 6) is 1.51. The zero-order chi connectivity index (χ0) is 13.8. The van der Waals surface area contributed by atoms with E-state index < -0.39 is 0 Å². The van der Waals surface area contributed by atoms with Gasteiger partial charge in [-0.05, 0) is 18.2 Å². The molecule has 100 valence electrons. The summed E-state index contributed by atoms with van der Waals surface area (Å²) in [6, 6.07) is 7.01. The molecule has 0 atom stereocenters. The number of methoxy groups -OCH3 is 2. The minimum atomic E-state index is 0.379. The number of hydrogen-bond donors (Lipinski definition) is 1. The van der Waals surface area contributed by atoms with Gasteiger partial charge in [0.15, 0.2) is 5.82 Å². The summed E-state index contributed by atoms with van der Waals surface area (Å²) in [5, 5.41) is 0.499. The van der Waals surface area contributed by atoms with Gasteiger partial charge in [-0.3, -0.25) is 0 Å². The molecule has 0 amide bonds. The Kier molecular flexibility index (Phi) is 4.19. The van der Waals surface area contributed by atoms with Crippen molar-refractivity contribution in [3.63, 3.8) is 0 Å². The zero-order valence-corrected chi connectivity index (χ0v) is 11.4. The number of nitrogens with two attached hydrogens (primary N) is 1. The highest BCUT2D eigenvalue weighted by atomic mass is 35.5. The Morgan fingerprint density at radius 1 is 1.21 bits per heavy atom. The molecule has 2 aromatic rings. The van der Waals surface area contributed by atoms with Crippen LogP contribution >= 0.6 is 11.6 Å². The number of benzene rings is 1. The smallest absolute Gasteiger partial charge is 0.161 e.